The van der Waals surface area contributed by atoms with Crippen molar-refractivity contribution >= 4 is 15.6 Å². The summed E-state index contributed by atoms with van der Waals surface area (Å²) in [5.41, 5.74) is 0. The summed E-state index contributed by atoms with van der Waals surface area (Å²) >= 11 is 0. The zero-order valence-electron chi connectivity index (χ0n) is 10.4. The number of hydrogen-bond donors (Lipinski definition) is 0. The van der Waals surface area contributed by atoms with Crippen LogP contribution < -0.4 is 0 Å². The van der Waals surface area contributed by atoms with Crippen LogP contribution in [0.25, 0.3) is 0 Å². The van der Waals surface area contributed by atoms with Gasteiger partial charge in [-0.25, -0.2) is 8.42 Å². The molecular formula is C12H21NO3S. The summed E-state index contributed by atoms with van der Waals surface area (Å²) in [6, 6.07) is -0.0147. The van der Waals surface area contributed by atoms with Gasteiger partial charge in [-0.05, 0) is 19.8 Å². The molecular weight excluding hydrogens is 238 g/mol. The lowest BCUT2D eigenvalue weighted by molar-refractivity contribution is -0.124. The monoisotopic (exact) mass is 259 g/mol. The summed E-state index contributed by atoms with van der Waals surface area (Å²) < 4.78 is 22.9. The van der Waals surface area contributed by atoms with Crippen molar-refractivity contribution in [2.45, 2.75) is 38.6 Å². The van der Waals surface area contributed by atoms with Gasteiger partial charge in [-0.3, -0.25) is 9.69 Å². The van der Waals surface area contributed by atoms with E-state index < -0.39 is 9.84 Å². The number of rotatable bonds is 3. The minimum atomic E-state index is -2.87. The van der Waals surface area contributed by atoms with Crippen molar-refractivity contribution < 1.29 is 13.2 Å². The third kappa shape index (κ3) is 3.28. The molecule has 0 spiro atoms. The highest BCUT2D eigenvalue weighted by Gasteiger charge is 2.31. The van der Waals surface area contributed by atoms with Crippen LogP contribution in [0.2, 0.25) is 0 Å². The molecule has 2 fully saturated rings. The van der Waals surface area contributed by atoms with E-state index in [2.05, 4.69) is 0 Å². The molecule has 1 heterocycles. The Morgan fingerprint density at radius 1 is 1.29 bits per heavy atom. The average molecular weight is 259 g/mol. The average Bonchev–Trinajstić information content (AvgIpc) is 2.74. The number of nitrogens with zero attached hydrogens (tertiary/aromatic N) is 1. The third-order valence-electron chi connectivity index (χ3n) is 3.98. The molecule has 0 amide bonds. The van der Waals surface area contributed by atoms with Crippen LogP contribution in [0.3, 0.4) is 0 Å². The van der Waals surface area contributed by atoms with E-state index in [4.69, 9.17) is 0 Å². The van der Waals surface area contributed by atoms with Crippen molar-refractivity contribution in [1.82, 2.24) is 4.90 Å². The van der Waals surface area contributed by atoms with Gasteiger partial charge in [0, 0.05) is 18.5 Å². The predicted molar refractivity (Wildman–Crippen MR) is 66.7 cm³/mol. The van der Waals surface area contributed by atoms with Gasteiger partial charge in [0.25, 0.3) is 0 Å². The molecule has 0 aromatic rings. The Morgan fingerprint density at radius 2 is 1.94 bits per heavy atom. The molecule has 1 unspecified atom stereocenters. The number of carbonyl (C=O) groups is 1. The predicted octanol–water partition coefficient (Wildman–Crippen LogP) is 0.865. The molecule has 1 aliphatic carbocycles. The summed E-state index contributed by atoms with van der Waals surface area (Å²) in [5.74, 6) is 0.953. The first kappa shape index (κ1) is 13.0. The zero-order valence-corrected chi connectivity index (χ0v) is 11.2. The van der Waals surface area contributed by atoms with Gasteiger partial charge in [0.1, 0.15) is 5.78 Å². The van der Waals surface area contributed by atoms with E-state index in [1.165, 1.54) is 12.8 Å². The maximum absolute atomic E-state index is 12.0. The molecule has 17 heavy (non-hydrogen) atoms. The lowest BCUT2D eigenvalue weighted by Crippen LogP contribution is -2.49. The molecule has 0 N–H and O–H groups in total. The smallest absolute Gasteiger partial charge is 0.153 e. The number of carbonyl (C=O) groups excluding carboxylic acids is 1. The SMILES string of the molecule is CC1CS(=O)(=O)CCN1CC(=O)C1CCCC1. The fourth-order valence-corrected chi connectivity index (χ4v) is 4.47. The molecule has 1 atom stereocenters. The summed E-state index contributed by atoms with van der Waals surface area (Å²) in [4.78, 5) is 14.1. The largest absolute Gasteiger partial charge is 0.298 e. The molecule has 4 nitrogen and oxygen atoms in total. The molecule has 2 rings (SSSR count). The minimum Gasteiger partial charge on any atom is -0.298 e. The van der Waals surface area contributed by atoms with Crippen LogP contribution in [-0.4, -0.2) is 49.7 Å². The quantitative estimate of drug-likeness (QED) is 0.754. The highest BCUT2D eigenvalue weighted by Crippen LogP contribution is 2.26. The van der Waals surface area contributed by atoms with E-state index in [0.717, 1.165) is 12.8 Å². The number of sulfone groups is 1. The van der Waals surface area contributed by atoms with Crippen LogP contribution in [0, 0.1) is 5.92 Å². The molecule has 0 aromatic heterocycles. The fourth-order valence-electron chi connectivity index (χ4n) is 2.84. The van der Waals surface area contributed by atoms with Crippen LogP contribution >= 0.6 is 0 Å². The lowest BCUT2D eigenvalue weighted by atomic mass is 10.0. The number of ketones is 1. The van der Waals surface area contributed by atoms with E-state index in [-0.39, 0.29) is 23.5 Å². The number of Topliss-reactive ketones (excluding diaryl/α,β-unsaturated/α-hetero) is 1. The first-order valence-electron chi connectivity index (χ1n) is 6.45. The molecule has 2 aliphatic rings. The molecule has 1 saturated heterocycles. The Bertz CT molecular complexity index is 385. The van der Waals surface area contributed by atoms with Crippen molar-refractivity contribution in [3.05, 3.63) is 0 Å². The molecule has 5 heteroatoms. The summed E-state index contributed by atoms with van der Waals surface area (Å²) in [5, 5.41) is 0. The molecule has 0 radical (unpaired) electrons. The van der Waals surface area contributed by atoms with Crippen molar-refractivity contribution in [2.75, 3.05) is 24.6 Å². The summed E-state index contributed by atoms with van der Waals surface area (Å²) in [6.45, 7) is 2.86. The van der Waals surface area contributed by atoms with Gasteiger partial charge in [0.2, 0.25) is 0 Å². The second-order valence-electron chi connectivity index (χ2n) is 5.38. The summed E-state index contributed by atoms with van der Waals surface area (Å²) in [6.07, 6.45) is 4.39. The topological polar surface area (TPSA) is 54.5 Å². The zero-order chi connectivity index (χ0) is 12.5. The second kappa shape index (κ2) is 5.06. The Morgan fingerprint density at radius 3 is 2.53 bits per heavy atom. The van der Waals surface area contributed by atoms with E-state index >= 15 is 0 Å². The van der Waals surface area contributed by atoms with Crippen molar-refractivity contribution in [3.8, 4) is 0 Å². The molecule has 0 aromatic carbocycles. The van der Waals surface area contributed by atoms with Crippen molar-refractivity contribution in [2.24, 2.45) is 5.92 Å². The van der Waals surface area contributed by atoms with Crippen LogP contribution in [0.4, 0.5) is 0 Å². The van der Waals surface area contributed by atoms with Gasteiger partial charge in [0.15, 0.2) is 9.84 Å². The van der Waals surface area contributed by atoms with Gasteiger partial charge in [-0.15, -0.1) is 0 Å². The van der Waals surface area contributed by atoms with E-state index in [1.807, 2.05) is 11.8 Å². The lowest BCUT2D eigenvalue weighted by Gasteiger charge is -2.33. The fraction of sp³-hybridized carbons (Fsp3) is 0.917. The first-order valence-corrected chi connectivity index (χ1v) is 8.27. The van der Waals surface area contributed by atoms with Crippen molar-refractivity contribution in [3.63, 3.8) is 0 Å². The normalized spacial score (nSPS) is 30.5. The van der Waals surface area contributed by atoms with Crippen molar-refractivity contribution in [1.29, 1.82) is 0 Å². The van der Waals surface area contributed by atoms with E-state index in [9.17, 15) is 13.2 Å². The maximum atomic E-state index is 12.0. The van der Waals surface area contributed by atoms with Gasteiger partial charge in [-0.1, -0.05) is 12.8 Å². The molecule has 0 bridgehead atoms. The second-order valence-corrected chi connectivity index (χ2v) is 7.61. The van der Waals surface area contributed by atoms with Gasteiger partial charge < -0.3 is 0 Å². The Hall–Kier alpha value is -0.420. The van der Waals surface area contributed by atoms with Gasteiger partial charge in [-0.2, -0.15) is 0 Å². The van der Waals surface area contributed by atoms with Gasteiger partial charge >= 0.3 is 0 Å². The maximum Gasteiger partial charge on any atom is 0.153 e. The van der Waals surface area contributed by atoms with Crippen LogP contribution in [0.15, 0.2) is 0 Å². The van der Waals surface area contributed by atoms with Crippen LogP contribution in [-0.2, 0) is 14.6 Å². The van der Waals surface area contributed by atoms with Gasteiger partial charge in [0.05, 0.1) is 18.1 Å². The van der Waals surface area contributed by atoms with E-state index in [0.29, 0.717) is 18.9 Å². The molecule has 1 aliphatic heterocycles. The molecule has 98 valence electrons. The Balaban J connectivity index is 1.89. The minimum absolute atomic E-state index is 0.0147. The third-order valence-corrected chi connectivity index (χ3v) is 5.77. The van der Waals surface area contributed by atoms with Crippen LogP contribution in [0.1, 0.15) is 32.6 Å². The van der Waals surface area contributed by atoms with Crippen LogP contribution in [0.5, 0.6) is 0 Å². The van der Waals surface area contributed by atoms with E-state index in [1.54, 1.807) is 0 Å². The standard InChI is InChI=1S/C12H21NO3S/c1-10-9-17(15,16)7-6-13(10)8-12(14)11-4-2-3-5-11/h10-11H,2-9H2,1H3. The Labute approximate surface area is 103 Å². The Kier molecular flexibility index (Phi) is 3.88. The molecule has 1 saturated carbocycles. The highest BCUT2D eigenvalue weighted by atomic mass is 32.2. The number of hydrogen-bond acceptors (Lipinski definition) is 4. The summed E-state index contributed by atoms with van der Waals surface area (Å²) in [7, 11) is -2.87. The highest BCUT2D eigenvalue weighted by molar-refractivity contribution is 7.91. The first-order chi connectivity index (χ1) is 7.98.